The summed E-state index contributed by atoms with van der Waals surface area (Å²) in [5, 5.41) is 6.06. The van der Waals surface area contributed by atoms with Gasteiger partial charge in [0.05, 0.1) is 17.4 Å². The monoisotopic (exact) mass is 387 g/mol. The van der Waals surface area contributed by atoms with Gasteiger partial charge in [-0.3, -0.25) is 9.78 Å². The average Bonchev–Trinajstić information content (AvgIpc) is 2.66. The molecule has 2 aromatic carbocycles. The number of aromatic nitrogens is 1. The molecule has 0 fully saturated rings. The number of anilines is 2. The Labute approximate surface area is 160 Å². The van der Waals surface area contributed by atoms with E-state index < -0.39 is 11.6 Å². The normalized spacial score (nSPS) is 10.5. The molecule has 3 rings (SSSR count). The molecule has 27 heavy (non-hydrogen) atoms. The van der Waals surface area contributed by atoms with Gasteiger partial charge in [0.25, 0.3) is 5.91 Å². The summed E-state index contributed by atoms with van der Waals surface area (Å²) in [7, 11) is 0. The smallest absolute Gasteiger partial charge is 0.252 e. The summed E-state index contributed by atoms with van der Waals surface area (Å²) in [5.74, 6) is -1.78. The van der Waals surface area contributed by atoms with Gasteiger partial charge in [-0.1, -0.05) is 29.8 Å². The predicted octanol–water partition coefficient (Wildman–Crippen LogP) is 4.73. The van der Waals surface area contributed by atoms with E-state index in [4.69, 9.17) is 11.6 Å². The lowest BCUT2D eigenvalue weighted by molar-refractivity contribution is 0.0954. The van der Waals surface area contributed by atoms with Crippen LogP contribution in [-0.2, 0) is 6.42 Å². The number of amides is 1. The van der Waals surface area contributed by atoms with Crippen molar-refractivity contribution in [3.63, 3.8) is 0 Å². The van der Waals surface area contributed by atoms with Crippen LogP contribution in [0.5, 0.6) is 0 Å². The van der Waals surface area contributed by atoms with Gasteiger partial charge in [0.1, 0.15) is 17.3 Å². The van der Waals surface area contributed by atoms with Crippen LogP contribution in [0.2, 0.25) is 5.02 Å². The van der Waals surface area contributed by atoms with E-state index in [1.54, 1.807) is 12.1 Å². The number of nitrogens with zero attached hydrogens (tertiary/aromatic N) is 1. The van der Waals surface area contributed by atoms with Crippen LogP contribution in [0.3, 0.4) is 0 Å². The van der Waals surface area contributed by atoms with E-state index in [1.807, 2.05) is 12.1 Å². The Bertz CT molecular complexity index is 928. The van der Waals surface area contributed by atoms with Crippen molar-refractivity contribution in [3.8, 4) is 0 Å². The summed E-state index contributed by atoms with van der Waals surface area (Å²) >= 11 is 5.84. The third-order valence-electron chi connectivity index (χ3n) is 3.85. The van der Waals surface area contributed by atoms with E-state index >= 15 is 0 Å². The third-order valence-corrected chi connectivity index (χ3v) is 4.10. The highest BCUT2D eigenvalue weighted by molar-refractivity contribution is 6.30. The van der Waals surface area contributed by atoms with E-state index in [2.05, 4.69) is 15.6 Å². The molecule has 0 aliphatic rings. The number of hydrogen-bond donors (Lipinski definition) is 2. The van der Waals surface area contributed by atoms with Gasteiger partial charge in [0, 0.05) is 17.8 Å². The maximum atomic E-state index is 13.7. The molecule has 1 heterocycles. The van der Waals surface area contributed by atoms with E-state index in [0.29, 0.717) is 23.7 Å². The number of hydrogen-bond acceptors (Lipinski definition) is 3. The zero-order valence-electron chi connectivity index (χ0n) is 14.2. The Kier molecular flexibility index (Phi) is 5.98. The lowest BCUT2D eigenvalue weighted by Gasteiger charge is -2.10. The number of halogens is 3. The summed E-state index contributed by atoms with van der Waals surface area (Å²) in [6, 6.07) is 12.4. The number of benzene rings is 2. The standard InChI is InChI=1S/C20H16ClF2N3O/c21-15-6-4-13(5-7-15)8-9-25-20(27)14-10-16(12-24-11-14)26-19-17(22)2-1-3-18(19)23/h1-7,10-12,26H,8-9H2,(H,25,27). The Balaban J connectivity index is 1.62. The first-order valence-electron chi connectivity index (χ1n) is 8.21. The molecule has 0 atom stereocenters. The van der Waals surface area contributed by atoms with Crippen LogP contribution in [0.15, 0.2) is 60.9 Å². The van der Waals surface area contributed by atoms with Crippen molar-refractivity contribution in [1.82, 2.24) is 10.3 Å². The number of rotatable bonds is 6. The molecule has 138 valence electrons. The van der Waals surface area contributed by atoms with Crippen molar-refractivity contribution in [3.05, 3.63) is 88.7 Å². The number of pyridine rings is 1. The van der Waals surface area contributed by atoms with Gasteiger partial charge in [-0.15, -0.1) is 0 Å². The lowest BCUT2D eigenvalue weighted by atomic mass is 10.1. The van der Waals surface area contributed by atoms with E-state index in [1.165, 1.54) is 24.5 Å². The summed E-state index contributed by atoms with van der Waals surface area (Å²) in [6.07, 6.45) is 3.42. The predicted molar refractivity (Wildman–Crippen MR) is 101 cm³/mol. The molecule has 0 aliphatic heterocycles. The van der Waals surface area contributed by atoms with Crippen molar-refractivity contribution in [1.29, 1.82) is 0 Å². The number of para-hydroxylation sites is 1. The largest absolute Gasteiger partial charge is 0.352 e. The summed E-state index contributed by atoms with van der Waals surface area (Å²) in [5.41, 5.74) is 1.35. The van der Waals surface area contributed by atoms with Crippen molar-refractivity contribution in [2.24, 2.45) is 0 Å². The minimum atomic E-state index is -0.729. The average molecular weight is 388 g/mol. The summed E-state index contributed by atoms with van der Waals surface area (Å²) in [4.78, 5) is 16.2. The molecule has 0 spiro atoms. The van der Waals surface area contributed by atoms with Crippen molar-refractivity contribution in [2.75, 3.05) is 11.9 Å². The SMILES string of the molecule is O=C(NCCc1ccc(Cl)cc1)c1cncc(Nc2c(F)cccc2F)c1. The zero-order valence-corrected chi connectivity index (χ0v) is 14.9. The topological polar surface area (TPSA) is 54.0 Å². The van der Waals surface area contributed by atoms with Crippen LogP contribution in [0.1, 0.15) is 15.9 Å². The second kappa shape index (κ2) is 8.60. The molecule has 0 aliphatic carbocycles. The summed E-state index contributed by atoms with van der Waals surface area (Å²) < 4.78 is 27.5. The molecule has 3 aromatic rings. The van der Waals surface area contributed by atoms with Gasteiger partial charge in [0.2, 0.25) is 0 Å². The summed E-state index contributed by atoms with van der Waals surface area (Å²) in [6.45, 7) is 0.431. The van der Waals surface area contributed by atoms with E-state index in [9.17, 15) is 13.6 Å². The Hall–Kier alpha value is -2.99. The highest BCUT2D eigenvalue weighted by Crippen LogP contribution is 2.23. The van der Waals surface area contributed by atoms with Gasteiger partial charge in [-0.2, -0.15) is 0 Å². The quantitative estimate of drug-likeness (QED) is 0.643. The van der Waals surface area contributed by atoms with Crippen LogP contribution in [0, 0.1) is 11.6 Å². The van der Waals surface area contributed by atoms with Crippen LogP contribution in [0.25, 0.3) is 0 Å². The van der Waals surface area contributed by atoms with E-state index in [-0.39, 0.29) is 17.2 Å². The van der Waals surface area contributed by atoms with E-state index in [0.717, 1.165) is 17.7 Å². The molecule has 1 amide bonds. The maximum Gasteiger partial charge on any atom is 0.252 e. The van der Waals surface area contributed by atoms with Crippen molar-refractivity contribution < 1.29 is 13.6 Å². The molecule has 0 saturated carbocycles. The van der Waals surface area contributed by atoms with Gasteiger partial charge in [0.15, 0.2) is 0 Å². The minimum absolute atomic E-state index is 0.285. The maximum absolute atomic E-state index is 13.7. The fourth-order valence-electron chi connectivity index (χ4n) is 2.47. The lowest BCUT2D eigenvalue weighted by Crippen LogP contribution is -2.25. The van der Waals surface area contributed by atoms with Crippen LogP contribution < -0.4 is 10.6 Å². The second-order valence-electron chi connectivity index (χ2n) is 5.82. The van der Waals surface area contributed by atoms with Crippen LogP contribution in [-0.4, -0.2) is 17.4 Å². The first-order valence-corrected chi connectivity index (χ1v) is 8.59. The molecule has 0 unspecified atom stereocenters. The highest BCUT2D eigenvalue weighted by Gasteiger charge is 2.11. The van der Waals surface area contributed by atoms with Gasteiger partial charge >= 0.3 is 0 Å². The fourth-order valence-corrected chi connectivity index (χ4v) is 2.59. The highest BCUT2D eigenvalue weighted by atomic mass is 35.5. The molecule has 2 N–H and O–H groups in total. The first kappa shape index (κ1) is 18.8. The van der Waals surface area contributed by atoms with Gasteiger partial charge in [-0.25, -0.2) is 8.78 Å². The zero-order chi connectivity index (χ0) is 19.2. The Morgan fingerprint density at radius 1 is 1.04 bits per heavy atom. The number of carbonyl (C=O) groups is 1. The van der Waals surface area contributed by atoms with Gasteiger partial charge < -0.3 is 10.6 Å². The molecular weight excluding hydrogens is 372 g/mol. The van der Waals surface area contributed by atoms with Crippen molar-refractivity contribution >= 4 is 28.9 Å². The Morgan fingerprint density at radius 3 is 2.44 bits per heavy atom. The first-order chi connectivity index (χ1) is 13.0. The van der Waals surface area contributed by atoms with Gasteiger partial charge in [-0.05, 0) is 42.3 Å². The molecule has 0 saturated heterocycles. The molecular formula is C20H16ClF2N3O. The third kappa shape index (κ3) is 5.01. The minimum Gasteiger partial charge on any atom is -0.352 e. The molecule has 0 bridgehead atoms. The molecule has 4 nitrogen and oxygen atoms in total. The van der Waals surface area contributed by atoms with Crippen LogP contribution >= 0.6 is 11.6 Å². The number of nitrogens with one attached hydrogen (secondary N) is 2. The van der Waals surface area contributed by atoms with Crippen LogP contribution in [0.4, 0.5) is 20.2 Å². The Morgan fingerprint density at radius 2 is 1.74 bits per heavy atom. The molecule has 1 aromatic heterocycles. The molecule has 7 heteroatoms. The second-order valence-corrected chi connectivity index (χ2v) is 6.25. The number of carbonyl (C=O) groups excluding carboxylic acids is 1. The van der Waals surface area contributed by atoms with Crippen molar-refractivity contribution in [2.45, 2.75) is 6.42 Å². The molecule has 0 radical (unpaired) electrons. The fraction of sp³-hybridized carbons (Fsp3) is 0.100.